The Bertz CT molecular complexity index is 1490. The van der Waals surface area contributed by atoms with E-state index in [9.17, 15) is 19.5 Å². The predicted molar refractivity (Wildman–Crippen MR) is 180 cm³/mol. The molecule has 1 aliphatic carbocycles. The molecule has 1 N–H and O–H groups in total. The molecule has 268 valence electrons. The highest BCUT2D eigenvalue weighted by Crippen LogP contribution is 2.63. The van der Waals surface area contributed by atoms with Crippen LogP contribution in [0.4, 0.5) is 0 Å². The number of aliphatic hydroxyl groups is 1. The van der Waals surface area contributed by atoms with Crippen LogP contribution >= 0.6 is 0 Å². The Morgan fingerprint density at radius 3 is 2.41 bits per heavy atom. The van der Waals surface area contributed by atoms with Gasteiger partial charge in [-0.2, -0.15) is 0 Å². The van der Waals surface area contributed by atoms with Crippen molar-refractivity contribution in [1.29, 1.82) is 0 Å². The minimum Gasteiger partial charge on any atom is -0.468 e. The Hall–Kier alpha value is -3.05. The van der Waals surface area contributed by atoms with Gasteiger partial charge < -0.3 is 38.0 Å². The van der Waals surface area contributed by atoms with Crippen LogP contribution in [-0.2, 0) is 47.2 Å². The van der Waals surface area contributed by atoms with Crippen LogP contribution < -0.4 is 0 Å². The van der Waals surface area contributed by atoms with E-state index in [0.717, 1.165) is 5.56 Å². The molecular formula is C37H50O11Si. The van der Waals surface area contributed by atoms with Gasteiger partial charge in [-0.15, -0.1) is 0 Å². The summed E-state index contributed by atoms with van der Waals surface area (Å²) in [7, 11) is -0.671. The van der Waals surface area contributed by atoms with Crippen LogP contribution in [0.15, 0.2) is 42.5 Å². The molecule has 0 radical (unpaired) electrons. The first-order chi connectivity index (χ1) is 23.0. The zero-order chi connectivity index (χ0) is 35.8. The average molecular weight is 699 g/mol. The predicted octanol–water partition coefficient (Wildman–Crippen LogP) is 4.63. The first kappa shape index (κ1) is 37.2. The van der Waals surface area contributed by atoms with E-state index in [1.807, 2.05) is 30.3 Å². The van der Waals surface area contributed by atoms with Crippen molar-refractivity contribution in [2.75, 3.05) is 26.9 Å². The van der Waals surface area contributed by atoms with Crippen LogP contribution in [0.3, 0.4) is 0 Å². The van der Waals surface area contributed by atoms with Gasteiger partial charge in [-0.1, -0.05) is 69.0 Å². The molecule has 1 spiro atoms. The van der Waals surface area contributed by atoms with Crippen molar-refractivity contribution in [2.24, 2.45) is 16.7 Å². The number of rotatable bonds is 9. The molecule has 3 aliphatic heterocycles. The largest absolute Gasteiger partial charge is 0.468 e. The Balaban J connectivity index is 1.47. The summed E-state index contributed by atoms with van der Waals surface area (Å²) in [6, 6.07) is 9.39. The Morgan fingerprint density at radius 1 is 1.10 bits per heavy atom. The topological polar surface area (TPSA) is 136 Å². The van der Waals surface area contributed by atoms with Crippen LogP contribution in [0, 0.1) is 28.6 Å². The first-order valence-corrected chi connectivity index (χ1v) is 19.8. The van der Waals surface area contributed by atoms with Gasteiger partial charge in [0.2, 0.25) is 0 Å². The monoisotopic (exact) mass is 698 g/mol. The molecule has 1 saturated carbocycles. The van der Waals surface area contributed by atoms with E-state index in [2.05, 4.69) is 45.7 Å². The second-order valence-corrected chi connectivity index (χ2v) is 20.1. The summed E-state index contributed by atoms with van der Waals surface area (Å²) >= 11 is 0. The molecule has 12 heteroatoms. The van der Waals surface area contributed by atoms with Gasteiger partial charge in [0.15, 0.2) is 20.2 Å². The third-order valence-corrected chi connectivity index (χ3v) is 15.6. The molecule has 49 heavy (non-hydrogen) atoms. The van der Waals surface area contributed by atoms with Crippen molar-refractivity contribution in [3.05, 3.63) is 48.0 Å². The maximum absolute atomic E-state index is 14.0. The molecule has 9 atom stereocenters. The molecule has 3 heterocycles. The summed E-state index contributed by atoms with van der Waals surface area (Å²) in [6.07, 6.45) is -0.235. The minimum absolute atomic E-state index is 0.0518. The summed E-state index contributed by atoms with van der Waals surface area (Å²) in [4.78, 5) is 38.4. The van der Waals surface area contributed by atoms with Crippen LogP contribution in [0.2, 0.25) is 18.1 Å². The van der Waals surface area contributed by atoms with Crippen LogP contribution in [-0.4, -0.2) is 88.3 Å². The average Bonchev–Trinajstić information content (AvgIpc) is 3.48. The number of fused-ring (bicyclic) bond motifs is 6. The highest BCUT2D eigenvalue weighted by molar-refractivity contribution is 6.74. The van der Waals surface area contributed by atoms with E-state index in [1.165, 1.54) is 20.1 Å². The third kappa shape index (κ3) is 7.11. The lowest BCUT2D eigenvalue weighted by Crippen LogP contribution is -2.69. The highest BCUT2D eigenvalue weighted by Gasteiger charge is 2.74. The van der Waals surface area contributed by atoms with Gasteiger partial charge in [-0.25, -0.2) is 4.79 Å². The molecule has 1 aromatic carbocycles. The molecular weight excluding hydrogens is 648 g/mol. The first-order valence-electron chi connectivity index (χ1n) is 16.9. The van der Waals surface area contributed by atoms with Gasteiger partial charge >= 0.3 is 17.9 Å². The molecule has 1 aromatic rings. The molecule has 0 aromatic heterocycles. The summed E-state index contributed by atoms with van der Waals surface area (Å²) in [6.45, 7) is 14.1. The van der Waals surface area contributed by atoms with Gasteiger partial charge in [0, 0.05) is 43.9 Å². The van der Waals surface area contributed by atoms with Crippen molar-refractivity contribution < 1.29 is 52.3 Å². The number of carbonyl (C=O) groups is 3. The number of hydrogen-bond donors (Lipinski definition) is 1. The number of carbonyl (C=O) groups excluding carboxylic acids is 3. The number of aliphatic hydroxyl groups excluding tert-OH is 1. The Kier molecular flexibility index (Phi) is 10.6. The molecule has 4 aliphatic rings. The van der Waals surface area contributed by atoms with Crippen molar-refractivity contribution >= 4 is 26.2 Å². The number of ether oxygens (including phenoxy) is 6. The smallest absolute Gasteiger partial charge is 0.330 e. The van der Waals surface area contributed by atoms with Gasteiger partial charge in [0.05, 0.1) is 37.4 Å². The SMILES string of the molecule is COC(=O)[C@]12CO[C@@H]([C@H](O)C#CC(C)(CCCO[Si](C)(C)C(C)(C)C)OC(C)=O)[C@@H]1[C@@]1(C=CC(=O)OC1)[C@@H]1C[C@H]2O[C@H](c2ccccc2)O1. The lowest BCUT2D eigenvalue weighted by molar-refractivity contribution is -0.328. The fraction of sp³-hybridized carbons (Fsp3) is 0.649. The second kappa shape index (κ2) is 13.9. The fourth-order valence-corrected chi connectivity index (χ4v) is 8.57. The van der Waals surface area contributed by atoms with Crippen LogP contribution in [0.1, 0.15) is 65.7 Å². The molecule has 2 saturated heterocycles. The second-order valence-electron chi connectivity index (χ2n) is 15.3. The van der Waals surface area contributed by atoms with E-state index >= 15 is 0 Å². The summed E-state index contributed by atoms with van der Waals surface area (Å²) in [5.41, 5.74) is -2.93. The third-order valence-electron chi connectivity index (χ3n) is 11.0. The summed E-state index contributed by atoms with van der Waals surface area (Å²) < 4.78 is 42.4. The fourth-order valence-electron chi connectivity index (χ4n) is 7.48. The van der Waals surface area contributed by atoms with Crippen LogP contribution in [0.5, 0.6) is 0 Å². The van der Waals surface area contributed by atoms with Gasteiger partial charge in [0.1, 0.15) is 18.1 Å². The van der Waals surface area contributed by atoms with Crippen molar-refractivity contribution in [1.82, 2.24) is 0 Å². The quantitative estimate of drug-likeness (QED) is 0.127. The van der Waals surface area contributed by atoms with Crippen molar-refractivity contribution in [3.8, 4) is 11.8 Å². The molecule has 3 fully saturated rings. The van der Waals surface area contributed by atoms with E-state index in [-0.39, 0.29) is 18.3 Å². The van der Waals surface area contributed by atoms with Crippen molar-refractivity contribution in [3.63, 3.8) is 0 Å². The lowest BCUT2D eigenvalue weighted by Gasteiger charge is -2.59. The lowest BCUT2D eigenvalue weighted by atomic mass is 9.50. The van der Waals surface area contributed by atoms with E-state index in [0.29, 0.717) is 25.9 Å². The minimum atomic E-state index is -1.98. The van der Waals surface area contributed by atoms with E-state index in [4.69, 9.17) is 32.8 Å². The molecule has 1 unspecified atom stereocenters. The zero-order valence-electron chi connectivity index (χ0n) is 29.8. The van der Waals surface area contributed by atoms with E-state index in [1.54, 1.807) is 13.0 Å². The molecule has 2 bridgehead atoms. The standard InChI is InChI=1S/C37H50O11Si/c1-24(38)48-35(5,17-12-20-45-49(7,8)34(2,3)4)18-15-26(39)30-31-36(19-16-29(40)43-22-36)27-21-28(37(31,23-44-30)33(41)42-6)47-32(46-27)25-13-10-9-11-14-25/h9-11,13-14,16,19,26-28,30-32,39H,12,17,20-23H2,1-8H3/t26-,27+,28-,30+,31-,32-,35?,36-,37+/m1/s1. The highest BCUT2D eigenvalue weighted by atomic mass is 28.4. The number of benzene rings is 1. The number of cyclic esters (lactones) is 1. The number of esters is 3. The van der Waals surface area contributed by atoms with Crippen LogP contribution in [0.25, 0.3) is 0 Å². The number of hydrogen-bond acceptors (Lipinski definition) is 11. The van der Waals surface area contributed by atoms with Gasteiger partial charge in [-0.3, -0.25) is 9.59 Å². The maximum atomic E-state index is 14.0. The zero-order valence-corrected chi connectivity index (χ0v) is 30.8. The number of methoxy groups -OCH3 is 1. The van der Waals surface area contributed by atoms with Crippen molar-refractivity contribution in [2.45, 2.75) is 108 Å². The van der Waals surface area contributed by atoms with Gasteiger partial charge in [0.25, 0.3) is 0 Å². The maximum Gasteiger partial charge on any atom is 0.330 e. The summed E-state index contributed by atoms with van der Waals surface area (Å²) in [5, 5.41) is 11.8. The summed E-state index contributed by atoms with van der Waals surface area (Å²) in [5.74, 6) is 3.50. The molecule has 5 rings (SSSR count). The molecule has 11 nitrogen and oxygen atoms in total. The normalized spacial score (nSPS) is 32.6. The van der Waals surface area contributed by atoms with Gasteiger partial charge in [-0.05, 0) is 31.5 Å². The Morgan fingerprint density at radius 2 is 1.80 bits per heavy atom. The van der Waals surface area contributed by atoms with E-state index < -0.39 is 79.3 Å². The molecule has 0 amide bonds. The Labute approximate surface area is 290 Å².